The highest BCUT2D eigenvalue weighted by Gasteiger charge is 2.69. The third-order valence-electron chi connectivity index (χ3n) is 0.904. The SMILES string of the molecule is CP(=O)(F)OP(=O)(F)C(F)(F)P(=O)(O)F. The summed E-state index contributed by atoms with van der Waals surface area (Å²) in [6, 6.07) is 0. The molecule has 0 saturated heterocycles. The maximum absolute atomic E-state index is 12.5. The van der Waals surface area contributed by atoms with Crippen molar-refractivity contribution in [3.05, 3.63) is 0 Å². The van der Waals surface area contributed by atoms with Crippen LogP contribution in [0.3, 0.4) is 0 Å². The quantitative estimate of drug-likeness (QED) is 0.632. The van der Waals surface area contributed by atoms with Crippen LogP contribution < -0.4 is 0 Å². The van der Waals surface area contributed by atoms with Crippen LogP contribution in [0, 0.1) is 0 Å². The van der Waals surface area contributed by atoms with Crippen molar-refractivity contribution in [1.29, 1.82) is 0 Å². The van der Waals surface area contributed by atoms with Crippen LogP contribution >= 0.6 is 23.0 Å². The van der Waals surface area contributed by atoms with Gasteiger partial charge in [-0.3, -0.25) is 4.57 Å². The van der Waals surface area contributed by atoms with Gasteiger partial charge in [0.25, 0.3) is 0 Å². The Morgan fingerprint density at radius 1 is 1.13 bits per heavy atom. The van der Waals surface area contributed by atoms with Gasteiger partial charge in [-0.15, -0.1) is 0 Å². The average Bonchev–Trinajstić information content (AvgIpc) is 1.77. The summed E-state index contributed by atoms with van der Waals surface area (Å²) in [5, 5.41) is -5.96. The van der Waals surface area contributed by atoms with Crippen LogP contribution in [0.15, 0.2) is 0 Å². The molecule has 92 valence electrons. The lowest BCUT2D eigenvalue weighted by Crippen LogP contribution is -2.13. The maximum Gasteiger partial charge on any atom is 0.456 e. The van der Waals surface area contributed by atoms with Gasteiger partial charge < -0.3 is 4.89 Å². The fourth-order valence-electron chi connectivity index (χ4n) is 0.384. The Morgan fingerprint density at radius 2 is 1.47 bits per heavy atom. The molecule has 0 bridgehead atoms. The molecule has 0 aromatic carbocycles. The molecule has 0 fully saturated rings. The first-order valence-corrected chi connectivity index (χ1v) is 7.92. The molecule has 0 radical (unpaired) electrons. The lowest BCUT2D eigenvalue weighted by molar-refractivity contribution is 0.125. The molecule has 0 aromatic rings. The van der Waals surface area contributed by atoms with Gasteiger partial charge in [0, 0.05) is 6.66 Å². The van der Waals surface area contributed by atoms with E-state index in [1.807, 2.05) is 0 Å². The van der Waals surface area contributed by atoms with Crippen molar-refractivity contribution in [3.8, 4) is 0 Å². The smallest absolute Gasteiger partial charge is 0.317 e. The molecule has 0 amide bonds. The van der Waals surface area contributed by atoms with E-state index in [9.17, 15) is 35.1 Å². The van der Waals surface area contributed by atoms with Gasteiger partial charge in [0.05, 0.1) is 0 Å². The molecule has 3 atom stereocenters. The Kier molecular flexibility index (Phi) is 4.00. The summed E-state index contributed by atoms with van der Waals surface area (Å²) in [6.07, 6.45) is 0. The fraction of sp³-hybridized carbons (Fsp3) is 1.00. The van der Waals surface area contributed by atoms with Crippen molar-refractivity contribution in [2.75, 3.05) is 6.66 Å². The zero-order valence-corrected chi connectivity index (χ0v) is 9.49. The van der Waals surface area contributed by atoms with E-state index in [-0.39, 0.29) is 6.66 Å². The Labute approximate surface area is 80.3 Å². The highest BCUT2D eigenvalue weighted by molar-refractivity contribution is 7.76. The van der Waals surface area contributed by atoms with Crippen molar-refractivity contribution in [2.24, 2.45) is 0 Å². The molecule has 0 aliphatic carbocycles. The van der Waals surface area contributed by atoms with Crippen LogP contribution in [-0.2, 0) is 18.0 Å². The van der Waals surface area contributed by atoms with Gasteiger partial charge in [0.1, 0.15) is 0 Å². The second-order valence-corrected chi connectivity index (χ2v) is 7.91. The number of halogens is 5. The highest BCUT2D eigenvalue weighted by Crippen LogP contribution is 2.81. The minimum absolute atomic E-state index is 0.0319. The van der Waals surface area contributed by atoms with E-state index in [1.165, 1.54) is 0 Å². The van der Waals surface area contributed by atoms with Gasteiger partial charge in [-0.25, -0.2) is 13.4 Å². The topological polar surface area (TPSA) is 80.7 Å². The van der Waals surface area contributed by atoms with Crippen LogP contribution in [0.2, 0.25) is 0 Å². The van der Waals surface area contributed by atoms with Gasteiger partial charge in [-0.2, -0.15) is 21.4 Å². The van der Waals surface area contributed by atoms with Gasteiger partial charge >= 0.3 is 28.4 Å². The van der Waals surface area contributed by atoms with E-state index < -0.39 is 28.4 Å². The van der Waals surface area contributed by atoms with Crippen molar-refractivity contribution < 1.29 is 44.3 Å². The second-order valence-electron chi connectivity index (χ2n) is 2.32. The zero-order valence-electron chi connectivity index (χ0n) is 6.81. The molecule has 13 heteroatoms. The Bertz CT molecular complexity index is 380. The van der Waals surface area contributed by atoms with E-state index in [4.69, 9.17) is 4.89 Å². The first kappa shape index (κ1) is 15.3. The van der Waals surface area contributed by atoms with E-state index in [1.54, 1.807) is 0 Å². The summed E-state index contributed by atoms with van der Waals surface area (Å²) in [6.45, 7) is -0.0319. The standard InChI is InChI=1S/C2H4F5O5P3/c1-13(5,8)12-15(7,11)2(3,4)14(6,9)10/h1H3,(H,9,10). The van der Waals surface area contributed by atoms with Crippen LogP contribution in [0.25, 0.3) is 0 Å². The van der Waals surface area contributed by atoms with E-state index >= 15 is 0 Å². The monoisotopic (exact) mass is 296 g/mol. The van der Waals surface area contributed by atoms with Gasteiger partial charge in [-0.05, 0) is 0 Å². The summed E-state index contributed by atoms with van der Waals surface area (Å²) in [5.41, 5.74) is 0. The highest BCUT2D eigenvalue weighted by atomic mass is 31.3. The molecule has 0 heterocycles. The summed E-state index contributed by atoms with van der Waals surface area (Å²) < 4.78 is 93.9. The molecule has 1 N–H and O–H groups in total. The van der Waals surface area contributed by atoms with E-state index in [0.717, 1.165) is 0 Å². The average molecular weight is 296 g/mol. The molecule has 0 aliphatic heterocycles. The van der Waals surface area contributed by atoms with Crippen LogP contribution in [0.5, 0.6) is 0 Å². The first-order valence-electron chi connectivity index (χ1n) is 2.89. The number of alkyl halides is 2. The van der Waals surface area contributed by atoms with Crippen LogP contribution in [-0.4, -0.2) is 17.0 Å². The summed E-state index contributed by atoms with van der Waals surface area (Å²) >= 11 is 0. The molecule has 5 nitrogen and oxygen atoms in total. The Morgan fingerprint density at radius 3 is 1.67 bits per heavy atom. The van der Waals surface area contributed by atoms with Crippen molar-refractivity contribution in [3.63, 3.8) is 0 Å². The number of hydrogen-bond acceptors (Lipinski definition) is 4. The summed E-state index contributed by atoms with van der Waals surface area (Å²) in [4.78, 5) is 7.71. The van der Waals surface area contributed by atoms with Gasteiger partial charge in [-0.1, -0.05) is 0 Å². The Hall–Kier alpha value is 0.260. The predicted octanol–water partition coefficient (Wildman–Crippen LogP) is 3.66. The minimum atomic E-state index is -7.00. The fourth-order valence-corrected chi connectivity index (χ4v) is 3.78. The third kappa shape index (κ3) is 3.64. The first-order chi connectivity index (χ1) is 6.21. The van der Waals surface area contributed by atoms with Crippen molar-refractivity contribution >= 4 is 23.0 Å². The second kappa shape index (κ2) is 3.93. The number of hydrogen-bond donors (Lipinski definition) is 1. The molecule has 3 unspecified atom stereocenters. The minimum Gasteiger partial charge on any atom is -0.317 e. The maximum atomic E-state index is 12.5. The lowest BCUT2D eigenvalue weighted by Gasteiger charge is -2.19. The normalized spacial score (nSPS) is 25.0. The molecule has 0 spiro atoms. The zero-order chi connectivity index (χ0) is 12.7. The largest absolute Gasteiger partial charge is 0.456 e. The molecule has 0 saturated carbocycles. The van der Waals surface area contributed by atoms with Crippen LogP contribution in [0.4, 0.5) is 21.4 Å². The van der Waals surface area contributed by atoms with Crippen molar-refractivity contribution in [1.82, 2.24) is 0 Å². The Balaban J connectivity index is 5.32. The lowest BCUT2D eigenvalue weighted by atomic mass is 11.6. The third-order valence-corrected chi connectivity index (χ3v) is 5.67. The van der Waals surface area contributed by atoms with E-state index in [2.05, 4.69) is 4.31 Å². The predicted molar refractivity (Wildman–Crippen MR) is 40.3 cm³/mol. The molecule has 0 aromatic heterocycles. The molecule has 0 rings (SSSR count). The van der Waals surface area contributed by atoms with Crippen molar-refractivity contribution in [2.45, 2.75) is 5.40 Å². The number of rotatable bonds is 4. The molecular formula is C2H4F5O5P3. The van der Waals surface area contributed by atoms with Crippen LogP contribution in [0.1, 0.15) is 0 Å². The molecule has 0 aliphatic rings. The molecular weight excluding hydrogens is 292 g/mol. The summed E-state index contributed by atoms with van der Waals surface area (Å²) in [7, 11) is -19.4. The summed E-state index contributed by atoms with van der Waals surface area (Å²) in [5.74, 6) is 0. The van der Waals surface area contributed by atoms with E-state index in [0.29, 0.717) is 0 Å². The molecule has 15 heavy (non-hydrogen) atoms. The van der Waals surface area contributed by atoms with Gasteiger partial charge in [0.2, 0.25) is 0 Å². The van der Waals surface area contributed by atoms with Gasteiger partial charge in [0.15, 0.2) is 0 Å².